The second-order valence-corrected chi connectivity index (χ2v) is 10.1. The Morgan fingerprint density at radius 3 is 2.18 bits per heavy atom. The van der Waals surface area contributed by atoms with Gasteiger partial charge in [-0.05, 0) is 29.8 Å². The number of benzene rings is 3. The molecular weight excluding hydrogens is 450 g/mol. The molecule has 4 rings (SSSR count). The number of anilines is 2. The van der Waals surface area contributed by atoms with Crippen LogP contribution in [-0.2, 0) is 16.6 Å². The summed E-state index contributed by atoms with van der Waals surface area (Å²) < 4.78 is 32.2. The fourth-order valence-corrected chi connectivity index (χ4v) is 5.11. The Balaban J connectivity index is 1.56. The molecule has 0 aromatic heterocycles. The average Bonchev–Trinajstić information content (AvgIpc) is 2.87. The molecule has 0 unspecified atom stereocenters. The van der Waals surface area contributed by atoms with Gasteiger partial charge in [0.2, 0.25) is 10.0 Å². The maximum atomic E-state index is 13.5. The molecule has 1 aliphatic heterocycles. The van der Waals surface area contributed by atoms with Crippen LogP contribution in [0, 0.1) is 0 Å². The second kappa shape index (κ2) is 10.2. The van der Waals surface area contributed by atoms with Gasteiger partial charge in [0, 0.05) is 26.2 Å². The Morgan fingerprint density at radius 2 is 1.50 bits per heavy atom. The van der Waals surface area contributed by atoms with Crippen LogP contribution in [0.4, 0.5) is 11.4 Å². The normalized spacial score (nSPS) is 14.1. The smallest absolute Gasteiger partial charge is 0.256 e. The van der Waals surface area contributed by atoms with Crippen LogP contribution in [-0.4, -0.2) is 58.8 Å². The fraction of sp³-hybridized carbons (Fsp3) is 0.269. The zero-order valence-corrected chi connectivity index (χ0v) is 20.2. The Kier molecular flexibility index (Phi) is 7.07. The first-order valence-electron chi connectivity index (χ1n) is 11.2. The van der Waals surface area contributed by atoms with Crippen LogP contribution in [0.3, 0.4) is 0 Å². The van der Waals surface area contributed by atoms with Crippen molar-refractivity contribution in [2.24, 2.45) is 0 Å². The highest BCUT2D eigenvalue weighted by molar-refractivity contribution is 7.92. The topological polar surface area (TPSA) is 70.2 Å². The van der Waals surface area contributed by atoms with Gasteiger partial charge >= 0.3 is 0 Å². The number of hydrogen-bond donors (Lipinski definition) is 0. The Bertz CT molecular complexity index is 1240. The molecule has 1 saturated heterocycles. The third kappa shape index (κ3) is 5.17. The van der Waals surface area contributed by atoms with E-state index in [9.17, 15) is 13.2 Å². The maximum Gasteiger partial charge on any atom is 0.256 e. The number of rotatable bonds is 7. The quantitative estimate of drug-likeness (QED) is 0.518. The summed E-state index contributed by atoms with van der Waals surface area (Å²) in [4.78, 5) is 17.5. The van der Waals surface area contributed by atoms with Gasteiger partial charge in [0.15, 0.2) is 0 Å². The molecule has 0 spiro atoms. The highest BCUT2D eigenvalue weighted by atomic mass is 32.2. The van der Waals surface area contributed by atoms with Gasteiger partial charge < -0.3 is 14.5 Å². The summed E-state index contributed by atoms with van der Waals surface area (Å²) in [6.07, 6.45) is 1.17. The predicted octanol–water partition coefficient (Wildman–Crippen LogP) is 3.62. The van der Waals surface area contributed by atoms with Crippen LogP contribution in [0.5, 0.6) is 5.75 Å². The highest BCUT2D eigenvalue weighted by Crippen LogP contribution is 2.30. The number of para-hydroxylation sites is 3. The van der Waals surface area contributed by atoms with E-state index in [1.807, 2.05) is 54.6 Å². The van der Waals surface area contributed by atoms with Crippen LogP contribution in [0.2, 0.25) is 0 Å². The fourth-order valence-electron chi connectivity index (χ4n) is 4.21. The molecule has 0 N–H and O–H groups in total. The number of methoxy groups -OCH3 is 1. The van der Waals surface area contributed by atoms with Gasteiger partial charge in [0.1, 0.15) is 5.75 Å². The minimum Gasteiger partial charge on any atom is -0.495 e. The van der Waals surface area contributed by atoms with Crippen molar-refractivity contribution in [2.75, 3.05) is 48.7 Å². The summed E-state index contributed by atoms with van der Waals surface area (Å²) in [5, 5.41) is 0. The molecule has 1 aliphatic rings. The van der Waals surface area contributed by atoms with E-state index in [2.05, 4.69) is 4.90 Å². The molecule has 178 valence electrons. The maximum absolute atomic E-state index is 13.5. The molecule has 0 bridgehead atoms. The first-order chi connectivity index (χ1) is 16.4. The molecule has 0 radical (unpaired) electrons. The molecule has 3 aromatic carbocycles. The van der Waals surface area contributed by atoms with E-state index < -0.39 is 10.0 Å². The van der Waals surface area contributed by atoms with Gasteiger partial charge in [0.05, 0.1) is 36.8 Å². The van der Waals surface area contributed by atoms with E-state index in [0.29, 0.717) is 37.4 Å². The van der Waals surface area contributed by atoms with Crippen molar-refractivity contribution in [1.82, 2.24) is 4.90 Å². The highest BCUT2D eigenvalue weighted by Gasteiger charge is 2.28. The minimum absolute atomic E-state index is 0.158. The van der Waals surface area contributed by atoms with E-state index in [1.54, 1.807) is 36.3 Å². The molecular formula is C26H29N3O4S. The van der Waals surface area contributed by atoms with Crippen molar-refractivity contribution in [2.45, 2.75) is 6.54 Å². The molecule has 34 heavy (non-hydrogen) atoms. The number of sulfonamides is 1. The van der Waals surface area contributed by atoms with Crippen LogP contribution in [0.15, 0.2) is 78.9 Å². The van der Waals surface area contributed by atoms with Crippen molar-refractivity contribution < 1.29 is 17.9 Å². The van der Waals surface area contributed by atoms with Crippen molar-refractivity contribution in [3.8, 4) is 5.75 Å². The number of carbonyl (C=O) groups is 1. The Hall–Kier alpha value is -3.52. The predicted molar refractivity (Wildman–Crippen MR) is 135 cm³/mol. The minimum atomic E-state index is -3.61. The van der Waals surface area contributed by atoms with Crippen molar-refractivity contribution >= 4 is 27.3 Å². The number of piperazine rings is 1. The summed E-state index contributed by atoms with van der Waals surface area (Å²) in [5.74, 6) is 0.634. The SMILES string of the molecule is COc1ccccc1N1CCN(C(=O)c2ccccc2N(Cc2ccccc2)S(C)(=O)=O)CC1. The summed E-state index contributed by atoms with van der Waals surface area (Å²) in [5.41, 5.74) is 2.63. The third-order valence-corrected chi connectivity index (χ3v) is 7.09. The average molecular weight is 480 g/mol. The van der Waals surface area contributed by atoms with Gasteiger partial charge in [-0.2, -0.15) is 0 Å². The first-order valence-corrected chi connectivity index (χ1v) is 13.0. The summed E-state index contributed by atoms with van der Waals surface area (Å²) in [6, 6.07) is 24.1. The lowest BCUT2D eigenvalue weighted by molar-refractivity contribution is 0.0747. The molecule has 7 nitrogen and oxygen atoms in total. The van der Waals surface area contributed by atoms with E-state index >= 15 is 0 Å². The zero-order chi connectivity index (χ0) is 24.1. The summed E-state index contributed by atoms with van der Waals surface area (Å²) >= 11 is 0. The molecule has 1 amide bonds. The lowest BCUT2D eigenvalue weighted by atomic mass is 10.1. The molecule has 0 aliphatic carbocycles. The number of hydrogen-bond acceptors (Lipinski definition) is 5. The molecule has 1 heterocycles. The van der Waals surface area contributed by atoms with E-state index in [1.165, 1.54) is 10.6 Å². The number of carbonyl (C=O) groups excluding carboxylic acids is 1. The molecule has 0 atom stereocenters. The van der Waals surface area contributed by atoms with Crippen LogP contribution in [0.25, 0.3) is 0 Å². The Morgan fingerprint density at radius 1 is 0.882 bits per heavy atom. The molecule has 3 aromatic rings. The molecule has 0 saturated carbocycles. The number of ether oxygens (including phenoxy) is 1. The first kappa shape index (κ1) is 23.6. The van der Waals surface area contributed by atoms with Gasteiger partial charge in [-0.1, -0.05) is 54.6 Å². The second-order valence-electron chi connectivity index (χ2n) is 8.22. The van der Waals surface area contributed by atoms with Gasteiger partial charge in [-0.25, -0.2) is 8.42 Å². The van der Waals surface area contributed by atoms with Crippen LogP contribution < -0.4 is 13.9 Å². The number of amides is 1. The van der Waals surface area contributed by atoms with E-state index in [4.69, 9.17) is 4.74 Å². The van der Waals surface area contributed by atoms with Crippen molar-refractivity contribution in [1.29, 1.82) is 0 Å². The molecule has 8 heteroatoms. The summed E-state index contributed by atoms with van der Waals surface area (Å²) in [6.45, 7) is 2.54. The zero-order valence-electron chi connectivity index (χ0n) is 19.4. The summed E-state index contributed by atoms with van der Waals surface area (Å²) in [7, 11) is -1.96. The van der Waals surface area contributed by atoms with Gasteiger partial charge in [-0.3, -0.25) is 9.10 Å². The third-order valence-electron chi connectivity index (χ3n) is 5.97. The van der Waals surface area contributed by atoms with E-state index in [0.717, 1.165) is 17.0 Å². The lowest BCUT2D eigenvalue weighted by Gasteiger charge is -2.37. The largest absolute Gasteiger partial charge is 0.495 e. The Labute approximate surface area is 201 Å². The molecule has 1 fully saturated rings. The number of nitrogens with zero attached hydrogens (tertiary/aromatic N) is 3. The van der Waals surface area contributed by atoms with Crippen LogP contribution >= 0.6 is 0 Å². The van der Waals surface area contributed by atoms with Crippen molar-refractivity contribution in [3.05, 3.63) is 90.0 Å². The monoisotopic (exact) mass is 479 g/mol. The van der Waals surface area contributed by atoms with E-state index in [-0.39, 0.29) is 12.5 Å². The van der Waals surface area contributed by atoms with Gasteiger partial charge in [-0.15, -0.1) is 0 Å². The van der Waals surface area contributed by atoms with Crippen LogP contribution in [0.1, 0.15) is 15.9 Å². The lowest BCUT2D eigenvalue weighted by Crippen LogP contribution is -2.49. The standard InChI is InChI=1S/C26H29N3O4S/c1-33-25-15-9-8-14-24(25)27-16-18-28(19-17-27)26(30)22-12-6-7-13-23(22)29(34(2,31)32)20-21-10-4-3-5-11-21/h3-15H,16-20H2,1-2H3. The van der Waals surface area contributed by atoms with Crippen molar-refractivity contribution in [3.63, 3.8) is 0 Å². The van der Waals surface area contributed by atoms with Gasteiger partial charge in [0.25, 0.3) is 5.91 Å².